The van der Waals surface area contributed by atoms with E-state index in [9.17, 15) is 0 Å². The Hall–Kier alpha value is -1.42. The quantitative estimate of drug-likeness (QED) is 0.678. The fourth-order valence-corrected chi connectivity index (χ4v) is 1.09. The molecule has 0 bridgehead atoms. The molecule has 0 aromatic heterocycles. The highest BCUT2D eigenvalue weighted by atomic mass is 14.8. The van der Waals surface area contributed by atoms with Crippen LogP contribution in [0.15, 0.2) is 24.3 Å². The van der Waals surface area contributed by atoms with Gasteiger partial charge in [-0.15, -0.1) is 5.92 Å². The zero-order chi connectivity index (χ0) is 9.52. The van der Waals surface area contributed by atoms with Gasteiger partial charge in [0, 0.05) is 12.1 Å². The van der Waals surface area contributed by atoms with E-state index in [1.54, 1.807) is 0 Å². The summed E-state index contributed by atoms with van der Waals surface area (Å²) in [6, 6.07) is 8.31. The number of benzene rings is 1. The third kappa shape index (κ3) is 3.66. The van der Waals surface area contributed by atoms with Crippen molar-refractivity contribution in [2.24, 2.45) is 0 Å². The molecular formula is C12H15N. The second-order valence-electron chi connectivity index (χ2n) is 2.93. The molecule has 0 saturated carbocycles. The lowest BCUT2D eigenvalue weighted by Crippen LogP contribution is -1.98. The minimum atomic E-state index is 0.733. The van der Waals surface area contributed by atoms with Crippen LogP contribution in [0.5, 0.6) is 0 Å². The van der Waals surface area contributed by atoms with Gasteiger partial charge in [-0.3, -0.25) is 0 Å². The highest BCUT2D eigenvalue weighted by molar-refractivity contribution is 5.46. The fourth-order valence-electron chi connectivity index (χ4n) is 1.09. The van der Waals surface area contributed by atoms with E-state index in [2.05, 4.69) is 49.2 Å². The highest BCUT2D eigenvalue weighted by Crippen LogP contribution is 2.08. The first kappa shape index (κ1) is 9.67. The number of anilines is 1. The summed E-state index contributed by atoms with van der Waals surface area (Å²) in [6.07, 6.45) is 0.926. The molecule has 0 amide bonds. The molecule has 1 heteroatoms. The molecule has 1 aromatic carbocycles. The van der Waals surface area contributed by atoms with Gasteiger partial charge in [-0.1, -0.05) is 25.0 Å². The van der Waals surface area contributed by atoms with E-state index in [0.717, 1.165) is 18.7 Å². The summed E-state index contributed by atoms with van der Waals surface area (Å²) in [6.45, 7) is 4.87. The molecule has 0 aliphatic rings. The molecule has 13 heavy (non-hydrogen) atoms. The van der Waals surface area contributed by atoms with Crippen molar-refractivity contribution in [3.8, 4) is 11.8 Å². The lowest BCUT2D eigenvalue weighted by Gasteiger charge is -2.02. The van der Waals surface area contributed by atoms with E-state index >= 15 is 0 Å². The number of hydrogen-bond acceptors (Lipinski definition) is 1. The minimum absolute atomic E-state index is 0.733. The average molecular weight is 173 g/mol. The molecule has 0 radical (unpaired) electrons. The molecule has 1 N–H and O–H groups in total. The van der Waals surface area contributed by atoms with E-state index in [4.69, 9.17) is 0 Å². The molecule has 1 nitrogen and oxygen atoms in total. The predicted molar refractivity (Wildman–Crippen MR) is 57.7 cm³/mol. The van der Waals surface area contributed by atoms with Crippen LogP contribution in [-0.2, 0) is 0 Å². The van der Waals surface area contributed by atoms with Crippen molar-refractivity contribution in [1.29, 1.82) is 0 Å². The van der Waals surface area contributed by atoms with Gasteiger partial charge in [-0.2, -0.15) is 0 Å². The Balaban J connectivity index is 2.45. The zero-order valence-electron chi connectivity index (χ0n) is 8.22. The summed E-state index contributed by atoms with van der Waals surface area (Å²) in [7, 11) is 0. The number of rotatable bonds is 2. The molecule has 0 aliphatic carbocycles. The fraction of sp³-hybridized carbons (Fsp3) is 0.333. The van der Waals surface area contributed by atoms with E-state index in [1.807, 2.05) is 6.07 Å². The van der Waals surface area contributed by atoms with Crippen LogP contribution < -0.4 is 5.32 Å². The van der Waals surface area contributed by atoms with E-state index in [0.29, 0.717) is 0 Å². The standard InChI is InChI=1S/C12H15N/c1-3-4-5-9-13-12-8-6-7-11(2)10-12/h6-8,10,13H,3,9H2,1-2H3. The molecule has 1 rings (SSSR count). The summed E-state index contributed by atoms with van der Waals surface area (Å²) >= 11 is 0. The monoisotopic (exact) mass is 173 g/mol. The first-order chi connectivity index (χ1) is 6.33. The van der Waals surface area contributed by atoms with Crippen LogP contribution in [0.3, 0.4) is 0 Å². The maximum atomic E-state index is 3.25. The molecule has 68 valence electrons. The summed E-state index contributed by atoms with van der Waals surface area (Å²) < 4.78 is 0. The van der Waals surface area contributed by atoms with Gasteiger partial charge in [0.05, 0.1) is 6.54 Å². The van der Waals surface area contributed by atoms with Gasteiger partial charge in [-0.25, -0.2) is 0 Å². The normalized spacial score (nSPS) is 8.77. The molecule has 1 aromatic rings. The Morgan fingerprint density at radius 1 is 1.31 bits per heavy atom. The lowest BCUT2D eigenvalue weighted by molar-refractivity contribution is 1.27. The molecule has 0 spiro atoms. The molecule has 0 atom stereocenters. The molecule has 0 aliphatic heterocycles. The minimum Gasteiger partial charge on any atom is -0.374 e. The first-order valence-corrected chi connectivity index (χ1v) is 4.59. The Morgan fingerprint density at radius 2 is 2.15 bits per heavy atom. The van der Waals surface area contributed by atoms with Crippen LogP contribution in [0.4, 0.5) is 5.69 Å². The van der Waals surface area contributed by atoms with Gasteiger partial charge in [0.25, 0.3) is 0 Å². The largest absolute Gasteiger partial charge is 0.374 e. The van der Waals surface area contributed by atoms with E-state index < -0.39 is 0 Å². The SMILES string of the molecule is CCC#CCNc1cccc(C)c1. The van der Waals surface area contributed by atoms with Crippen LogP contribution in [-0.4, -0.2) is 6.54 Å². The maximum Gasteiger partial charge on any atom is 0.0765 e. The Bertz CT molecular complexity index is 317. The third-order valence-corrected chi connectivity index (χ3v) is 1.70. The molecule has 0 unspecified atom stereocenters. The van der Waals surface area contributed by atoms with Crippen molar-refractivity contribution in [3.05, 3.63) is 29.8 Å². The van der Waals surface area contributed by atoms with Gasteiger partial charge >= 0.3 is 0 Å². The second-order valence-corrected chi connectivity index (χ2v) is 2.93. The van der Waals surface area contributed by atoms with Crippen molar-refractivity contribution < 1.29 is 0 Å². The smallest absolute Gasteiger partial charge is 0.0765 e. The summed E-state index contributed by atoms with van der Waals surface area (Å²) in [5.41, 5.74) is 2.42. The van der Waals surface area contributed by atoms with Gasteiger partial charge in [0.2, 0.25) is 0 Å². The predicted octanol–water partition coefficient (Wildman–Crippen LogP) is 2.82. The van der Waals surface area contributed by atoms with Crippen molar-refractivity contribution >= 4 is 5.69 Å². The topological polar surface area (TPSA) is 12.0 Å². The lowest BCUT2D eigenvalue weighted by atomic mass is 10.2. The molecule has 0 saturated heterocycles. The van der Waals surface area contributed by atoms with Gasteiger partial charge in [0.1, 0.15) is 0 Å². The summed E-state index contributed by atoms with van der Waals surface area (Å²) in [4.78, 5) is 0. The first-order valence-electron chi connectivity index (χ1n) is 4.59. The van der Waals surface area contributed by atoms with Crippen molar-refractivity contribution in [1.82, 2.24) is 0 Å². The van der Waals surface area contributed by atoms with E-state index in [-0.39, 0.29) is 0 Å². The van der Waals surface area contributed by atoms with Crippen molar-refractivity contribution in [3.63, 3.8) is 0 Å². The Kier molecular flexibility index (Phi) is 3.92. The Morgan fingerprint density at radius 3 is 2.85 bits per heavy atom. The summed E-state index contributed by atoms with van der Waals surface area (Å²) in [5, 5.41) is 3.25. The number of nitrogens with one attached hydrogen (secondary N) is 1. The van der Waals surface area contributed by atoms with Crippen molar-refractivity contribution in [2.45, 2.75) is 20.3 Å². The molecule has 0 fully saturated rings. The molecular weight excluding hydrogens is 158 g/mol. The van der Waals surface area contributed by atoms with Crippen molar-refractivity contribution in [2.75, 3.05) is 11.9 Å². The van der Waals surface area contributed by atoms with Crippen LogP contribution in [0.25, 0.3) is 0 Å². The Labute approximate surface area is 80.2 Å². The summed E-state index contributed by atoms with van der Waals surface area (Å²) in [5.74, 6) is 6.06. The van der Waals surface area contributed by atoms with Gasteiger partial charge in [-0.05, 0) is 24.6 Å². The second kappa shape index (κ2) is 5.27. The van der Waals surface area contributed by atoms with Gasteiger partial charge in [0.15, 0.2) is 0 Å². The van der Waals surface area contributed by atoms with Gasteiger partial charge < -0.3 is 5.32 Å². The van der Waals surface area contributed by atoms with Crippen LogP contribution >= 0.6 is 0 Å². The zero-order valence-corrected chi connectivity index (χ0v) is 8.22. The molecule has 0 heterocycles. The number of hydrogen-bond donors (Lipinski definition) is 1. The maximum absolute atomic E-state index is 3.25. The average Bonchev–Trinajstić information content (AvgIpc) is 2.13. The van der Waals surface area contributed by atoms with Crippen LogP contribution in [0.1, 0.15) is 18.9 Å². The van der Waals surface area contributed by atoms with E-state index in [1.165, 1.54) is 5.56 Å². The number of aryl methyl sites for hydroxylation is 1. The highest BCUT2D eigenvalue weighted by Gasteiger charge is 1.88. The van der Waals surface area contributed by atoms with Crippen LogP contribution in [0.2, 0.25) is 0 Å². The van der Waals surface area contributed by atoms with Crippen LogP contribution in [0, 0.1) is 18.8 Å². The third-order valence-electron chi connectivity index (χ3n) is 1.70.